The van der Waals surface area contributed by atoms with Crippen molar-refractivity contribution in [3.8, 4) is 11.9 Å². The molecule has 8 heteroatoms. The van der Waals surface area contributed by atoms with Crippen LogP contribution in [0.2, 0.25) is 0 Å². The predicted octanol–water partition coefficient (Wildman–Crippen LogP) is 4.15. The molecule has 0 aliphatic carbocycles. The maximum absolute atomic E-state index is 13.3. The van der Waals surface area contributed by atoms with Crippen molar-refractivity contribution in [1.82, 2.24) is 14.8 Å². The monoisotopic (exact) mass is 464 g/mol. The van der Waals surface area contributed by atoms with Gasteiger partial charge in [0.25, 0.3) is 0 Å². The van der Waals surface area contributed by atoms with Crippen LogP contribution in [0.5, 0.6) is 0 Å². The summed E-state index contributed by atoms with van der Waals surface area (Å²) in [7, 11) is 0. The Balaban J connectivity index is 1.42. The van der Waals surface area contributed by atoms with E-state index in [4.69, 9.17) is 0 Å². The smallest absolute Gasteiger partial charge is 0.231 e. The minimum Gasteiger partial charge on any atom is -0.311 e. The summed E-state index contributed by atoms with van der Waals surface area (Å²) in [5, 5.41) is 17.7. The predicted molar refractivity (Wildman–Crippen MR) is 133 cm³/mol. The number of para-hydroxylation sites is 2. The standard InChI is InChI=1S/C27H24N6O2/c1-3-18-9-6-7-17(2)25(18)32-16-20(13-24(32)34)27(35)31-26-21(14-28)15-29-33(26)23-12-11-19-8-4-5-10-22(19)30-23/h4-12,15,20H,3,13,16H2,1-2H3,(H,31,35). The second-order valence-corrected chi connectivity index (χ2v) is 8.62. The van der Waals surface area contributed by atoms with Gasteiger partial charge in [0, 0.05) is 24.0 Å². The lowest BCUT2D eigenvalue weighted by Crippen LogP contribution is -2.30. The van der Waals surface area contributed by atoms with Crippen molar-refractivity contribution in [2.24, 2.45) is 5.92 Å². The van der Waals surface area contributed by atoms with Gasteiger partial charge in [-0.25, -0.2) is 4.98 Å². The number of carbonyl (C=O) groups is 2. The van der Waals surface area contributed by atoms with Crippen LogP contribution < -0.4 is 10.2 Å². The largest absolute Gasteiger partial charge is 0.311 e. The van der Waals surface area contributed by atoms with Crippen LogP contribution >= 0.6 is 0 Å². The fourth-order valence-corrected chi connectivity index (χ4v) is 4.61. The molecule has 5 rings (SSSR count). The zero-order valence-electron chi connectivity index (χ0n) is 19.5. The molecule has 1 aliphatic rings. The Morgan fingerprint density at radius 3 is 2.80 bits per heavy atom. The number of hydrogen-bond acceptors (Lipinski definition) is 5. The van der Waals surface area contributed by atoms with Gasteiger partial charge in [0.2, 0.25) is 11.8 Å². The third-order valence-electron chi connectivity index (χ3n) is 6.40. The van der Waals surface area contributed by atoms with Crippen molar-refractivity contribution in [3.63, 3.8) is 0 Å². The minimum absolute atomic E-state index is 0.0839. The summed E-state index contributed by atoms with van der Waals surface area (Å²) in [5.41, 5.74) is 3.97. The van der Waals surface area contributed by atoms with E-state index in [1.54, 1.807) is 11.0 Å². The fourth-order valence-electron chi connectivity index (χ4n) is 4.61. The normalized spacial score (nSPS) is 15.4. The van der Waals surface area contributed by atoms with Crippen molar-refractivity contribution in [1.29, 1.82) is 5.26 Å². The summed E-state index contributed by atoms with van der Waals surface area (Å²) < 4.78 is 1.45. The molecule has 1 fully saturated rings. The van der Waals surface area contributed by atoms with E-state index in [-0.39, 0.29) is 36.2 Å². The Bertz CT molecular complexity index is 1500. The number of nitrogens with zero attached hydrogens (tertiary/aromatic N) is 5. The molecule has 2 aromatic heterocycles. The summed E-state index contributed by atoms with van der Waals surface area (Å²) in [5.74, 6) is -0.231. The number of fused-ring (bicyclic) bond motifs is 1. The van der Waals surface area contributed by atoms with E-state index in [1.165, 1.54) is 10.9 Å². The quantitative estimate of drug-likeness (QED) is 0.478. The topological polar surface area (TPSA) is 104 Å². The molecule has 4 aromatic rings. The van der Waals surface area contributed by atoms with Gasteiger partial charge >= 0.3 is 0 Å². The number of pyridine rings is 1. The van der Waals surface area contributed by atoms with Gasteiger partial charge < -0.3 is 10.2 Å². The van der Waals surface area contributed by atoms with Gasteiger partial charge in [-0.15, -0.1) is 0 Å². The van der Waals surface area contributed by atoms with Crippen LogP contribution in [0.4, 0.5) is 11.5 Å². The number of aromatic nitrogens is 3. The summed E-state index contributed by atoms with van der Waals surface area (Å²) in [4.78, 5) is 32.5. The van der Waals surface area contributed by atoms with Crippen LogP contribution in [0.25, 0.3) is 16.7 Å². The Kier molecular flexibility index (Phi) is 5.75. The van der Waals surface area contributed by atoms with Crippen molar-refractivity contribution in [3.05, 3.63) is 77.5 Å². The number of nitrogens with one attached hydrogen (secondary N) is 1. The number of carbonyl (C=O) groups excluding carboxylic acids is 2. The summed E-state index contributed by atoms with van der Waals surface area (Å²) in [6.07, 6.45) is 2.30. The first-order chi connectivity index (χ1) is 17.0. The molecule has 8 nitrogen and oxygen atoms in total. The zero-order valence-corrected chi connectivity index (χ0v) is 19.5. The van der Waals surface area contributed by atoms with Gasteiger partial charge in [-0.2, -0.15) is 15.0 Å². The van der Waals surface area contributed by atoms with Crippen LogP contribution in [-0.4, -0.2) is 33.1 Å². The second kappa shape index (κ2) is 9.03. The number of amides is 2. The molecule has 174 valence electrons. The van der Waals surface area contributed by atoms with E-state index in [0.29, 0.717) is 5.82 Å². The average Bonchev–Trinajstić information content (AvgIpc) is 3.46. The van der Waals surface area contributed by atoms with Crippen LogP contribution in [0, 0.1) is 24.2 Å². The molecule has 2 amide bonds. The van der Waals surface area contributed by atoms with Crippen LogP contribution in [0.15, 0.2) is 60.8 Å². The molecule has 1 saturated heterocycles. The third-order valence-corrected chi connectivity index (χ3v) is 6.40. The van der Waals surface area contributed by atoms with Gasteiger partial charge in [-0.1, -0.05) is 43.3 Å². The molecule has 0 saturated carbocycles. The number of anilines is 2. The summed E-state index contributed by atoms with van der Waals surface area (Å²) >= 11 is 0. The lowest BCUT2D eigenvalue weighted by Gasteiger charge is -2.22. The molecule has 0 spiro atoms. The summed E-state index contributed by atoms with van der Waals surface area (Å²) in [6.45, 7) is 4.31. The lowest BCUT2D eigenvalue weighted by molar-refractivity contribution is -0.122. The Morgan fingerprint density at radius 1 is 1.17 bits per heavy atom. The molecule has 35 heavy (non-hydrogen) atoms. The number of benzene rings is 2. The zero-order chi connectivity index (χ0) is 24.5. The van der Waals surface area contributed by atoms with Crippen LogP contribution in [0.1, 0.15) is 30.0 Å². The van der Waals surface area contributed by atoms with E-state index in [2.05, 4.69) is 28.4 Å². The highest BCUT2D eigenvalue weighted by atomic mass is 16.2. The minimum atomic E-state index is -0.550. The van der Waals surface area contributed by atoms with Gasteiger partial charge in [-0.05, 0) is 42.7 Å². The van der Waals surface area contributed by atoms with E-state index in [9.17, 15) is 14.9 Å². The van der Waals surface area contributed by atoms with E-state index in [1.807, 2.05) is 55.5 Å². The maximum atomic E-state index is 13.3. The van der Waals surface area contributed by atoms with Crippen molar-refractivity contribution >= 4 is 34.2 Å². The molecule has 2 aromatic carbocycles. The van der Waals surface area contributed by atoms with Gasteiger partial charge in [0.1, 0.15) is 11.6 Å². The van der Waals surface area contributed by atoms with Crippen LogP contribution in [0.3, 0.4) is 0 Å². The molecule has 0 bridgehead atoms. The van der Waals surface area contributed by atoms with E-state index in [0.717, 1.165) is 34.1 Å². The molecule has 1 atom stereocenters. The first-order valence-electron chi connectivity index (χ1n) is 11.5. The SMILES string of the molecule is CCc1cccc(C)c1N1CC(C(=O)Nc2c(C#N)cnn2-c2ccc3ccccc3n2)CC1=O. The van der Waals surface area contributed by atoms with E-state index >= 15 is 0 Å². The molecule has 0 radical (unpaired) electrons. The first-order valence-corrected chi connectivity index (χ1v) is 11.5. The molecule has 1 aliphatic heterocycles. The van der Waals surface area contributed by atoms with Crippen molar-refractivity contribution in [2.45, 2.75) is 26.7 Å². The molecule has 1 unspecified atom stereocenters. The number of aryl methyl sites for hydroxylation is 2. The number of nitriles is 1. The van der Waals surface area contributed by atoms with E-state index < -0.39 is 5.92 Å². The Labute approximate surface area is 202 Å². The second-order valence-electron chi connectivity index (χ2n) is 8.62. The van der Waals surface area contributed by atoms with Crippen molar-refractivity contribution < 1.29 is 9.59 Å². The molecule has 3 heterocycles. The number of hydrogen-bond donors (Lipinski definition) is 1. The first kappa shape index (κ1) is 22.3. The lowest BCUT2D eigenvalue weighted by atomic mass is 10.0. The molecular weight excluding hydrogens is 440 g/mol. The Morgan fingerprint density at radius 2 is 2.00 bits per heavy atom. The third kappa shape index (κ3) is 4.02. The fraction of sp³-hybridized carbons (Fsp3) is 0.222. The highest BCUT2D eigenvalue weighted by molar-refractivity contribution is 6.04. The Hall–Kier alpha value is -4.51. The number of rotatable bonds is 5. The van der Waals surface area contributed by atoms with Crippen LogP contribution in [-0.2, 0) is 16.0 Å². The van der Waals surface area contributed by atoms with Crippen molar-refractivity contribution in [2.75, 3.05) is 16.8 Å². The van der Waals surface area contributed by atoms with Gasteiger partial charge in [0.15, 0.2) is 11.6 Å². The van der Waals surface area contributed by atoms with Gasteiger partial charge in [0.05, 0.1) is 17.6 Å². The molecule has 1 N–H and O–H groups in total. The van der Waals surface area contributed by atoms with Gasteiger partial charge in [-0.3, -0.25) is 9.59 Å². The highest BCUT2D eigenvalue weighted by Crippen LogP contribution is 2.32. The average molecular weight is 465 g/mol. The highest BCUT2D eigenvalue weighted by Gasteiger charge is 2.37. The molecular formula is C27H24N6O2. The summed E-state index contributed by atoms with van der Waals surface area (Å²) in [6, 6.07) is 19.4. The maximum Gasteiger partial charge on any atom is 0.231 e.